The average molecular weight is 304 g/mol. The molecule has 0 aromatic carbocycles. The lowest BCUT2D eigenvalue weighted by Crippen LogP contribution is -2.48. The highest BCUT2D eigenvalue weighted by atomic mass is 16.2. The van der Waals surface area contributed by atoms with Gasteiger partial charge in [0, 0.05) is 43.6 Å². The summed E-state index contributed by atoms with van der Waals surface area (Å²) in [6.45, 7) is 1.83. The van der Waals surface area contributed by atoms with Crippen molar-refractivity contribution in [1.82, 2.24) is 14.8 Å². The van der Waals surface area contributed by atoms with Gasteiger partial charge in [0.1, 0.15) is 0 Å². The minimum Gasteiger partial charge on any atom is -0.336 e. The molecular weight excluding hydrogens is 280 g/mol. The molecule has 6 nitrogen and oxygen atoms in total. The van der Waals surface area contributed by atoms with Crippen LogP contribution in [0.5, 0.6) is 0 Å². The predicted molar refractivity (Wildman–Crippen MR) is 86.1 cm³/mol. The molecule has 1 aliphatic heterocycles. The summed E-state index contributed by atoms with van der Waals surface area (Å²) in [5.74, 6) is 0. The summed E-state index contributed by atoms with van der Waals surface area (Å²) in [5.41, 5.74) is 0.397. The third-order valence-electron chi connectivity index (χ3n) is 4.55. The molecule has 1 aromatic rings. The normalized spacial score (nSPS) is 22.3. The second kappa shape index (κ2) is 6.52. The maximum Gasteiger partial charge on any atom is 0.319 e. The Morgan fingerprint density at radius 2 is 2.14 bits per heavy atom. The van der Waals surface area contributed by atoms with Crippen molar-refractivity contribution in [2.75, 3.05) is 18.4 Å². The summed E-state index contributed by atoms with van der Waals surface area (Å²) in [6.07, 6.45) is 7.92. The number of hydrogen-bond donors (Lipinski definition) is 2. The maximum absolute atomic E-state index is 12.0. The standard InChI is InChI=1S/C16H24N4O2/c1-19-9-7-12(10-15(19)21)18-16(22)17-11-14-4-2-3-8-20(14)13-5-6-13/h7,9-10,13-14H,2-6,8,11H2,1H3,(H2,17,18,22). The van der Waals surface area contributed by atoms with Crippen LogP contribution in [0.15, 0.2) is 23.1 Å². The summed E-state index contributed by atoms with van der Waals surface area (Å²) >= 11 is 0. The van der Waals surface area contributed by atoms with Crippen LogP contribution in [0.3, 0.4) is 0 Å². The molecule has 0 bridgehead atoms. The molecule has 1 saturated heterocycles. The summed E-state index contributed by atoms with van der Waals surface area (Å²) in [7, 11) is 1.68. The van der Waals surface area contributed by atoms with E-state index >= 15 is 0 Å². The largest absolute Gasteiger partial charge is 0.336 e. The highest BCUT2D eigenvalue weighted by Crippen LogP contribution is 2.32. The number of hydrogen-bond acceptors (Lipinski definition) is 3. The Hall–Kier alpha value is -1.82. The van der Waals surface area contributed by atoms with E-state index in [2.05, 4.69) is 15.5 Å². The first kappa shape index (κ1) is 15.1. The van der Waals surface area contributed by atoms with Gasteiger partial charge in [0.25, 0.3) is 5.56 Å². The smallest absolute Gasteiger partial charge is 0.319 e. The van der Waals surface area contributed by atoms with Gasteiger partial charge >= 0.3 is 6.03 Å². The lowest BCUT2D eigenvalue weighted by molar-refractivity contribution is 0.138. The van der Waals surface area contributed by atoms with Gasteiger partial charge in [-0.2, -0.15) is 0 Å². The summed E-state index contributed by atoms with van der Waals surface area (Å²) in [4.78, 5) is 26.1. The minimum absolute atomic E-state index is 0.134. The minimum atomic E-state index is -0.241. The Morgan fingerprint density at radius 3 is 2.86 bits per heavy atom. The summed E-state index contributed by atoms with van der Waals surface area (Å²) in [6, 6.07) is 4.10. The molecule has 3 rings (SSSR count). The fourth-order valence-corrected chi connectivity index (χ4v) is 3.14. The van der Waals surface area contributed by atoms with Crippen LogP contribution < -0.4 is 16.2 Å². The van der Waals surface area contributed by atoms with E-state index in [1.165, 1.54) is 36.3 Å². The van der Waals surface area contributed by atoms with Gasteiger partial charge in [-0.05, 0) is 38.3 Å². The molecule has 1 aromatic heterocycles. The third-order valence-corrected chi connectivity index (χ3v) is 4.55. The zero-order valence-electron chi connectivity index (χ0n) is 13.0. The van der Waals surface area contributed by atoms with Gasteiger partial charge in [0.15, 0.2) is 0 Å². The number of amides is 2. The van der Waals surface area contributed by atoms with Crippen LogP contribution in [0.25, 0.3) is 0 Å². The van der Waals surface area contributed by atoms with Crippen LogP contribution in [-0.4, -0.2) is 40.7 Å². The lowest BCUT2D eigenvalue weighted by Gasteiger charge is -2.36. The molecule has 0 radical (unpaired) electrons. The zero-order chi connectivity index (χ0) is 15.5. The second-order valence-corrected chi connectivity index (χ2v) is 6.32. The van der Waals surface area contributed by atoms with Crippen molar-refractivity contribution in [3.05, 3.63) is 28.7 Å². The van der Waals surface area contributed by atoms with Crippen LogP contribution in [-0.2, 0) is 7.05 Å². The Bertz CT molecular complexity index is 594. The third kappa shape index (κ3) is 3.68. The molecule has 2 amide bonds. The van der Waals surface area contributed by atoms with Gasteiger partial charge in [-0.25, -0.2) is 4.79 Å². The number of nitrogens with one attached hydrogen (secondary N) is 2. The van der Waals surface area contributed by atoms with Crippen molar-refractivity contribution >= 4 is 11.7 Å². The topological polar surface area (TPSA) is 66.4 Å². The number of likely N-dealkylation sites (tertiary alicyclic amines) is 1. The molecular formula is C16H24N4O2. The Morgan fingerprint density at radius 1 is 1.32 bits per heavy atom. The molecule has 2 fully saturated rings. The molecule has 0 spiro atoms. The quantitative estimate of drug-likeness (QED) is 0.886. The molecule has 1 unspecified atom stereocenters. The van der Waals surface area contributed by atoms with Crippen LogP contribution in [0.4, 0.5) is 10.5 Å². The number of carbonyl (C=O) groups is 1. The van der Waals surface area contributed by atoms with Gasteiger partial charge in [-0.3, -0.25) is 9.69 Å². The van der Waals surface area contributed by atoms with Crippen LogP contribution in [0, 0.1) is 0 Å². The summed E-state index contributed by atoms with van der Waals surface area (Å²) in [5, 5.41) is 5.67. The Labute approximate surface area is 130 Å². The monoisotopic (exact) mass is 304 g/mol. The fourth-order valence-electron chi connectivity index (χ4n) is 3.14. The molecule has 6 heteroatoms. The fraction of sp³-hybridized carbons (Fsp3) is 0.625. The number of urea groups is 1. The van der Waals surface area contributed by atoms with E-state index in [0.717, 1.165) is 19.0 Å². The SMILES string of the molecule is Cn1ccc(NC(=O)NCC2CCCCN2C2CC2)cc1=O. The Balaban J connectivity index is 1.50. The van der Waals surface area contributed by atoms with Crippen molar-refractivity contribution < 1.29 is 4.79 Å². The van der Waals surface area contributed by atoms with E-state index in [9.17, 15) is 9.59 Å². The van der Waals surface area contributed by atoms with Crippen LogP contribution >= 0.6 is 0 Å². The highest BCUT2D eigenvalue weighted by Gasteiger charge is 2.35. The van der Waals surface area contributed by atoms with Crippen LogP contribution in [0.1, 0.15) is 32.1 Å². The maximum atomic E-state index is 12.0. The first-order valence-electron chi connectivity index (χ1n) is 8.11. The number of nitrogens with zero attached hydrogens (tertiary/aromatic N) is 2. The number of pyridine rings is 1. The number of anilines is 1. The van der Waals surface area contributed by atoms with Gasteiger partial charge in [0.05, 0.1) is 0 Å². The van der Waals surface area contributed by atoms with Crippen molar-refractivity contribution in [3.8, 4) is 0 Å². The zero-order valence-corrected chi connectivity index (χ0v) is 13.0. The second-order valence-electron chi connectivity index (χ2n) is 6.32. The van der Waals surface area contributed by atoms with E-state index in [1.54, 1.807) is 19.3 Å². The van der Waals surface area contributed by atoms with Crippen molar-refractivity contribution in [2.24, 2.45) is 7.05 Å². The van der Waals surface area contributed by atoms with Crippen molar-refractivity contribution in [2.45, 2.75) is 44.2 Å². The molecule has 1 aliphatic carbocycles. The van der Waals surface area contributed by atoms with Crippen LogP contribution in [0.2, 0.25) is 0 Å². The first-order valence-corrected chi connectivity index (χ1v) is 8.11. The highest BCUT2D eigenvalue weighted by molar-refractivity contribution is 5.89. The van der Waals surface area contributed by atoms with E-state index < -0.39 is 0 Å². The van der Waals surface area contributed by atoms with Crippen molar-refractivity contribution in [1.29, 1.82) is 0 Å². The molecule has 22 heavy (non-hydrogen) atoms. The van der Waals surface area contributed by atoms with E-state index in [1.807, 2.05) is 0 Å². The molecule has 120 valence electrons. The van der Waals surface area contributed by atoms with Gasteiger partial charge in [-0.1, -0.05) is 6.42 Å². The number of rotatable bonds is 4. The van der Waals surface area contributed by atoms with E-state index in [-0.39, 0.29) is 11.6 Å². The molecule has 1 atom stereocenters. The predicted octanol–water partition coefficient (Wildman–Crippen LogP) is 1.52. The number of aromatic nitrogens is 1. The van der Waals surface area contributed by atoms with Crippen molar-refractivity contribution in [3.63, 3.8) is 0 Å². The first-order chi connectivity index (χ1) is 10.6. The lowest BCUT2D eigenvalue weighted by atomic mass is 10.0. The number of carbonyl (C=O) groups excluding carboxylic acids is 1. The molecule has 2 aliphatic rings. The van der Waals surface area contributed by atoms with E-state index in [4.69, 9.17) is 0 Å². The Kier molecular flexibility index (Phi) is 4.47. The number of aryl methyl sites for hydroxylation is 1. The molecule has 2 heterocycles. The van der Waals surface area contributed by atoms with E-state index in [0.29, 0.717) is 18.3 Å². The van der Waals surface area contributed by atoms with Gasteiger partial charge < -0.3 is 15.2 Å². The molecule has 1 saturated carbocycles. The van der Waals surface area contributed by atoms with Gasteiger partial charge in [-0.15, -0.1) is 0 Å². The average Bonchev–Trinajstić information content (AvgIpc) is 3.34. The number of piperidine rings is 1. The van der Waals surface area contributed by atoms with Gasteiger partial charge in [0.2, 0.25) is 0 Å². The summed E-state index contributed by atoms with van der Waals surface area (Å²) < 4.78 is 1.47. The molecule has 2 N–H and O–H groups in total.